The molecular weight excluding hydrogens is 238 g/mol. The van der Waals surface area contributed by atoms with Gasteiger partial charge in [-0.2, -0.15) is 0 Å². The monoisotopic (exact) mass is 257 g/mol. The van der Waals surface area contributed by atoms with Crippen molar-refractivity contribution in [1.29, 1.82) is 0 Å². The number of hydrogen-bond acceptors (Lipinski definition) is 4. The highest BCUT2D eigenvalue weighted by atomic mass is 16.6. The molecule has 2 saturated heterocycles. The van der Waals surface area contributed by atoms with E-state index in [-0.39, 0.29) is 12.7 Å². The zero-order chi connectivity index (χ0) is 13.6. The first-order valence-corrected chi connectivity index (χ1v) is 6.05. The Hall–Kier alpha value is -1.30. The van der Waals surface area contributed by atoms with Gasteiger partial charge in [0.15, 0.2) is 0 Å². The minimum Gasteiger partial charge on any atom is -0.481 e. The number of ether oxygens (including phenoxy) is 2. The molecule has 6 nitrogen and oxygen atoms in total. The zero-order valence-corrected chi connectivity index (χ0v) is 10.9. The van der Waals surface area contributed by atoms with Crippen molar-refractivity contribution in [3.05, 3.63) is 0 Å². The van der Waals surface area contributed by atoms with Crippen LogP contribution in [0.1, 0.15) is 27.2 Å². The van der Waals surface area contributed by atoms with E-state index < -0.39 is 23.1 Å². The van der Waals surface area contributed by atoms with Crippen LogP contribution < -0.4 is 0 Å². The summed E-state index contributed by atoms with van der Waals surface area (Å²) >= 11 is 0. The highest BCUT2D eigenvalue weighted by Gasteiger charge is 2.53. The lowest BCUT2D eigenvalue weighted by atomic mass is 9.87. The Kier molecular flexibility index (Phi) is 3.01. The van der Waals surface area contributed by atoms with E-state index in [9.17, 15) is 9.59 Å². The van der Waals surface area contributed by atoms with Crippen molar-refractivity contribution in [2.45, 2.75) is 38.4 Å². The van der Waals surface area contributed by atoms with Crippen LogP contribution in [-0.2, 0) is 14.3 Å². The predicted molar refractivity (Wildman–Crippen MR) is 62.2 cm³/mol. The van der Waals surface area contributed by atoms with E-state index in [0.29, 0.717) is 19.5 Å². The average Bonchev–Trinajstić information content (AvgIpc) is 2.56. The summed E-state index contributed by atoms with van der Waals surface area (Å²) in [4.78, 5) is 24.1. The number of likely N-dealkylation sites (tertiary alicyclic amines) is 1. The number of carboxylic acid groups (broad SMARTS) is 1. The van der Waals surface area contributed by atoms with E-state index in [1.807, 2.05) is 20.8 Å². The molecule has 0 aromatic rings. The fraction of sp³-hybridized carbons (Fsp3) is 0.833. The number of carboxylic acids is 1. The average molecular weight is 257 g/mol. The van der Waals surface area contributed by atoms with Gasteiger partial charge in [0.2, 0.25) is 0 Å². The molecule has 1 N–H and O–H groups in total. The first kappa shape index (κ1) is 13.1. The Morgan fingerprint density at radius 2 is 2.00 bits per heavy atom. The third-order valence-electron chi connectivity index (χ3n) is 3.17. The van der Waals surface area contributed by atoms with Crippen molar-refractivity contribution in [3.63, 3.8) is 0 Å². The number of carbonyl (C=O) groups excluding carboxylic acids is 1. The lowest BCUT2D eigenvalue weighted by Crippen LogP contribution is -2.63. The molecule has 0 bridgehead atoms. The van der Waals surface area contributed by atoms with E-state index in [1.165, 1.54) is 0 Å². The van der Waals surface area contributed by atoms with Gasteiger partial charge in [-0.25, -0.2) is 4.79 Å². The summed E-state index contributed by atoms with van der Waals surface area (Å²) < 4.78 is 10.8. The molecule has 0 radical (unpaired) electrons. The van der Waals surface area contributed by atoms with Crippen LogP contribution in [0, 0.1) is 5.92 Å². The van der Waals surface area contributed by atoms with Gasteiger partial charge in [-0.05, 0) is 27.2 Å². The second-order valence-electron chi connectivity index (χ2n) is 6.07. The van der Waals surface area contributed by atoms with E-state index >= 15 is 0 Å². The van der Waals surface area contributed by atoms with Crippen molar-refractivity contribution in [3.8, 4) is 0 Å². The number of carbonyl (C=O) groups is 2. The molecule has 1 spiro atoms. The smallest absolute Gasteiger partial charge is 0.410 e. The van der Waals surface area contributed by atoms with E-state index in [2.05, 4.69) is 0 Å². The van der Waals surface area contributed by atoms with Gasteiger partial charge in [0, 0.05) is 0 Å². The number of rotatable bonds is 1. The Labute approximate surface area is 106 Å². The van der Waals surface area contributed by atoms with Gasteiger partial charge in [0.25, 0.3) is 0 Å². The van der Waals surface area contributed by atoms with Gasteiger partial charge in [0.05, 0.1) is 25.6 Å². The molecule has 6 heteroatoms. The molecule has 0 aromatic heterocycles. The molecule has 0 aliphatic carbocycles. The highest BCUT2D eigenvalue weighted by molar-refractivity contribution is 5.72. The first-order valence-electron chi connectivity index (χ1n) is 6.05. The summed E-state index contributed by atoms with van der Waals surface area (Å²) in [6.07, 6.45) is 0.109. The maximum atomic E-state index is 11.7. The van der Waals surface area contributed by atoms with Gasteiger partial charge in [0.1, 0.15) is 11.2 Å². The van der Waals surface area contributed by atoms with Crippen molar-refractivity contribution in [1.82, 2.24) is 4.90 Å². The van der Waals surface area contributed by atoms with Crippen LogP contribution in [0.5, 0.6) is 0 Å². The Bertz CT molecular complexity index is 367. The molecule has 2 heterocycles. The molecular formula is C12H19NO5. The van der Waals surface area contributed by atoms with Crippen molar-refractivity contribution < 1.29 is 24.2 Å². The van der Waals surface area contributed by atoms with Crippen molar-refractivity contribution in [2.75, 3.05) is 19.7 Å². The first-order chi connectivity index (χ1) is 8.21. The molecule has 2 aliphatic rings. The van der Waals surface area contributed by atoms with Gasteiger partial charge < -0.3 is 19.5 Å². The summed E-state index contributed by atoms with van der Waals surface area (Å²) in [5.74, 6) is -1.28. The summed E-state index contributed by atoms with van der Waals surface area (Å²) in [6.45, 7) is 6.52. The number of amides is 1. The van der Waals surface area contributed by atoms with Crippen LogP contribution in [0.15, 0.2) is 0 Å². The minimum atomic E-state index is -0.831. The van der Waals surface area contributed by atoms with Crippen LogP contribution in [-0.4, -0.2) is 53.0 Å². The quantitative estimate of drug-likeness (QED) is 0.761. The molecule has 2 fully saturated rings. The topological polar surface area (TPSA) is 76.1 Å². The van der Waals surface area contributed by atoms with Crippen molar-refractivity contribution >= 4 is 12.1 Å². The minimum absolute atomic E-state index is 0.234. The maximum Gasteiger partial charge on any atom is 0.410 e. The summed E-state index contributed by atoms with van der Waals surface area (Å²) in [5, 5.41) is 8.91. The van der Waals surface area contributed by atoms with Gasteiger partial charge in [-0.15, -0.1) is 0 Å². The maximum absolute atomic E-state index is 11.7. The molecule has 2 rings (SSSR count). The summed E-state index contributed by atoms with van der Waals surface area (Å²) in [7, 11) is 0. The Morgan fingerprint density at radius 3 is 2.44 bits per heavy atom. The molecule has 0 saturated carbocycles. The Balaban J connectivity index is 1.84. The van der Waals surface area contributed by atoms with Crippen molar-refractivity contribution in [2.24, 2.45) is 5.92 Å². The zero-order valence-electron chi connectivity index (χ0n) is 10.9. The molecule has 102 valence electrons. The van der Waals surface area contributed by atoms with Gasteiger partial charge in [-0.3, -0.25) is 4.79 Å². The second-order valence-corrected chi connectivity index (χ2v) is 6.07. The number of hydrogen-bond donors (Lipinski definition) is 1. The molecule has 18 heavy (non-hydrogen) atoms. The normalized spacial score (nSPS) is 25.9. The number of aliphatic carboxylic acids is 1. The van der Waals surface area contributed by atoms with E-state index in [1.54, 1.807) is 4.90 Å². The second kappa shape index (κ2) is 4.12. The molecule has 0 aromatic carbocycles. The standard InChI is InChI=1S/C12H19NO5/c1-11(2,3)18-10(16)13-6-12(7-13)4-8(5-17-12)9(14)15/h8H,4-7H2,1-3H3,(H,14,15)/t8-/m1/s1. The van der Waals surface area contributed by atoms with Crippen LogP contribution in [0.2, 0.25) is 0 Å². The van der Waals surface area contributed by atoms with Gasteiger partial charge in [-0.1, -0.05) is 0 Å². The highest BCUT2D eigenvalue weighted by Crippen LogP contribution is 2.38. The van der Waals surface area contributed by atoms with Crippen LogP contribution in [0.4, 0.5) is 4.79 Å². The fourth-order valence-corrected chi connectivity index (χ4v) is 2.33. The van der Waals surface area contributed by atoms with E-state index in [0.717, 1.165) is 0 Å². The van der Waals surface area contributed by atoms with Gasteiger partial charge >= 0.3 is 12.1 Å². The third-order valence-corrected chi connectivity index (χ3v) is 3.17. The third kappa shape index (κ3) is 2.58. The van der Waals surface area contributed by atoms with Crippen LogP contribution >= 0.6 is 0 Å². The summed E-state index contributed by atoms with van der Waals surface area (Å²) in [6, 6.07) is 0. The summed E-state index contributed by atoms with van der Waals surface area (Å²) in [5.41, 5.74) is -0.972. The lowest BCUT2D eigenvalue weighted by Gasteiger charge is -2.46. The molecule has 1 amide bonds. The largest absolute Gasteiger partial charge is 0.481 e. The van der Waals surface area contributed by atoms with Crippen LogP contribution in [0.3, 0.4) is 0 Å². The molecule has 2 aliphatic heterocycles. The molecule has 0 unspecified atom stereocenters. The predicted octanol–water partition coefficient (Wildman–Crippen LogP) is 1.10. The number of nitrogens with zero attached hydrogens (tertiary/aromatic N) is 1. The fourth-order valence-electron chi connectivity index (χ4n) is 2.33. The molecule has 1 atom stereocenters. The van der Waals surface area contributed by atoms with E-state index in [4.69, 9.17) is 14.6 Å². The van der Waals surface area contributed by atoms with Crippen LogP contribution in [0.25, 0.3) is 0 Å². The lowest BCUT2D eigenvalue weighted by molar-refractivity contribution is -0.141. The SMILES string of the molecule is CC(C)(C)OC(=O)N1CC2(C[C@@H](C(=O)O)CO2)C1. The Morgan fingerprint density at radius 1 is 1.39 bits per heavy atom.